The Balaban J connectivity index is 1.87. The monoisotopic (exact) mass is 474 g/mol. The number of ether oxygens (including phenoxy) is 2. The lowest BCUT2D eigenvalue weighted by molar-refractivity contribution is -0.139. The molecule has 3 rings (SSSR count). The van der Waals surface area contributed by atoms with Crippen LogP contribution >= 0.6 is 15.9 Å². The first-order valence-corrected chi connectivity index (χ1v) is 10.6. The fourth-order valence-electron chi connectivity index (χ4n) is 2.98. The molecule has 0 spiro atoms. The van der Waals surface area contributed by atoms with Crippen molar-refractivity contribution in [1.29, 1.82) is 0 Å². The molecular weight excluding hydrogens is 452 g/mol. The molecule has 8 heteroatoms. The molecule has 30 heavy (non-hydrogen) atoms. The van der Waals surface area contributed by atoms with Crippen molar-refractivity contribution in [3.05, 3.63) is 52.5 Å². The van der Waals surface area contributed by atoms with E-state index in [0.29, 0.717) is 24.7 Å². The Hall–Kier alpha value is -2.87. The Bertz CT molecular complexity index is 962. The fourth-order valence-corrected chi connectivity index (χ4v) is 3.43. The van der Waals surface area contributed by atoms with Gasteiger partial charge in [0.25, 0.3) is 0 Å². The molecule has 0 bridgehead atoms. The molecule has 2 aromatic carbocycles. The summed E-state index contributed by atoms with van der Waals surface area (Å²) < 4.78 is 12.3. The number of nitrogens with zero attached hydrogens (tertiary/aromatic N) is 2. The first-order valence-electron chi connectivity index (χ1n) is 9.80. The summed E-state index contributed by atoms with van der Waals surface area (Å²) in [5.41, 5.74) is 1.00. The van der Waals surface area contributed by atoms with Crippen LogP contribution in [0, 0.1) is 0 Å². The van der Waals surface area contributed by atoms with Crippen molar-refractivity contribution in [1.82, 2.24) is 4.90 Å². The number of halogens is 1. The van der Waals surface area contributed by atoms with Crippen molar-refractivity contribution in [2.75, 3.05) is 18.1 Å². The van der Waals surface area contributed by atoms with Crippen LogP contribution in [0.2, 0.25) is 0 Å². The summed E-state index contributed by atoms with van der Waals surface area (Å²) in [6.07, 6.45) is 1.62. The van der Waals surface area contributed by atoms with Gasteiger partial charge in [-0.1, -0.05) is 41.9 Å². The molecule has 1 saturated heterocycles. The quantitative estimate of drug-likeness (QED) is 0.394. The van der Waals surface area contributed by atoms with Gasteiger partial charge in [0, 0.05) is 10.5 Å². The van der Waals surface area contributed by atoms with Gasteiger partial charge in [0.2, 0.25) is 0 Å². The lowest BCUT2D eigenvalue weighted by Gasteiger charge is -2.18. The predicted molar refractivity (Wildman–Crippen MR) is 116 cm³/mol. The van der Waals surface area contributed by atoms with Gasteiger partial charge in [0.1, 0.15) is 0 Å². The number of carbonyl (C=O) groups is 3. The van der Waals surface area contributed by atoms with Crippen LogP contribution in [0.15, 0.2) is 46.9 Å². The summed E-state index contributed by atoms with van der Waals surface area (Å²) in [6.45, 7) is 4.96. The average molecular weight is 475 g/mol. The van der Waals surface area contributed by atoms with E-state index in [1.54, 1.807) is 36.4 Å². The van der Waals surface area contributed by atoms with Gasteiger partial charge in [0.15, 0.2) is 11.5 Å². The Morgan fingerprint density at radius 2 is 1.57 bits per heavy atom. The zero-order valence-corrected chi connectivity index (χ0v) is 18.5. The van der Waals surface area contributed by atoms with E-state index in [4.69, 9.17) is 9.47 Å². The molecule has 7 nitrogen and oxygen atoms in total. The molecule has 0 radical (unpaired) electrons. The number of urea groups is 1. The van der Waals surface area contributed by atoms with E-state index in [0.717, 1.165) is 32.7 Å². The minimum absolute atomic E-state index is 0.0102. The molecule has 0 atom stereocenters. The largest absolute Gasteiger partial charge is 0.490 e. The van der Waals surface area contributed by atoms with E-state index >= 15 is 0 Å². The van der Waals surface area contributed by atoms with Crippen molar-refractivity contribution >= 4 is 39.5 Å². The minimum atomic E-state index is -0.890. The molecule has 1 heterocycles. The van der Waals surface area contributed by atoms with Gasteiger partial charge in [-0.25, -0.2) is 9.69 Å². The zero-order valence-electron chi connectivity index (χ0n) is 16.9. The van der Waals surface area contributed by atoms with Crippen LogP contribution in [0.3, 0.4) is 0 Å². The number of hydrogen-bond acceptors (Lipinski definition) is 5. The lowest BCUT2D eigenvalue weighted by Crippen LogP contribution is -2.33. The van der Waals surface area contributed by atoms with Crippen LogP contribution in [-0.2, 0) is 16.1 Å². The summed E-state index contributed by atoms with van der Waals surface area (Å²) in [6, 6.07) is 11.3. The molecule has 2 aromatic rings. The molecule has 0 saturated carbocycles. The maximum absolute atomic E-state index is 12.9. The van der Waals surface area contributed by atoms with Gasteiger partial charge in [-0.3, -0.25) is 14.5 Å². The molecule has 0 unspecified atom stereocenters. The topological polar surface area (TPSA) is 76.2 Å². The standard InChI is InChI=1S/C22H23BrN2O5/c1-3-10-29-18-9-8-17(13-19(18)30-11-4-2)25-21(27)20(26)24(22(25)28)14-15-6-5-7-16(23)12-15/h5-9,12-13H,3-4,10-11,14H2,1-2H3. The number of carbonyl (C=O) groups excluding carboxylic acids is 3. The van der Waals surface area contributed by atoms with Gasteiger partial charge < -0.3 is 9.47 Å². The summed E-state index contributed by atoms with van der Waals surface area (Å²) in [5, 5.41) is 0. The fraction of sp³-hybridized carbons (Fsp3) is 0.318. The van der Waals surface area contributed by atoms with E-state index in [2.05, 4.69) is 15.9 Å². The van der Waals surface area contributed by atoms with E-state index < -0.39 is 17.8 Å². The Morgan fingerprint density at radius 1 is 0.867 bits per heavy atom. The molecule has 0 N–H and O–H groups in total. The second-order valence-corrected chi connectivity index (χ2v) is 7.69. The average Bonchev–Trinajstić information content (AvgIpc) is 2.94. The molecule has 1 aliphatic rings. The molecule has 0 aliphatic carbocycles. The van der Waals surface area contributed by atoms with Crippen molar-refractivity contribution in [3.8, 4) is 11.5 Å². The molecule has 4 amide bonds. The van der Waals surface area contributed by atoms with Gasteiger partial charge in [0.05, 0.1) is 25.4 Å². The normalized spacial score (nSPS) is 13.9. The van der Waals surface area contributed by atoms with Crippen LogP contribution in [0.25, 0.3) is 0 Å². The predicted octanol–water partition coefficient (Wildman–Crippen LogP) is 4.52. The Morgan fingerprint density at radius 3 is 2.23 bits per heavy atom. The summed E-state index contributed by atoms with van der Waals surface area (Å²) in [5.74, 6) is -0.785. The summed E-state index contributed by atoms with van der Waals surface area (Å²) >= 11 is 3.36. The van der Waals surface area contributed by atoms with Crippen LogP contribution in [0.4, 0.5) is 10.5 Å². The van der Waals surface area contributed by atoms with Gasteiger partial charge in [-0.05, 0) is 42.7 Å². The zero-order chi connectivity index (χ0) is 21.7. The smallest absolute Gasteiger partial charge is 0.339 e. The molecular formula is C22H23BrN2O5. The highest BCUT2D eigenvalue weighted by Gasteiger charge is 2.45. The highest BCUT2D eigenvalue weighted by Crippen LogP contribution is 2.34. The second kappa shape index (κ2) is 9.75. The first kappa shape index (κ1) is 21.8. The van der Waals surface area contributed by atoms with Crippen LogP contribution in [0.5, 0.6) is 11.5 Å². The number of anilines is 1. The van der Waals surface area contributed by atoms with Crippen molar-refractivity contribution < 1.29 is 23.9 Å². The molecule has 158 valence electrons. The van der Waals surface area contributed by atoms with E-state index in [-0.39, 0.29) is 12.2 Å². The maximum Gasteiger partial charge on any atom is 0.339 e. The highest BCUT2D eigenvalue weighted by molar-refractivity contribution is 9.10. The van der Waals surface area contributed by atoms with E-state index in [9.17, 15) is 14.4 Å². The van der Waals surface area contributed by atoms with Gasteiger partial charge >= 0.3 is 17.8 Å². The number of rotatable bonds is 9. The molecule has 1 aliphatic heterocycles. The third kappa shape index (κ3) is 4.64. The highest BCUT2D eigenvalue weighted by atomic mass is 79.9. The molecule has 1 fully saturated rings. The summed E-state index contributed by atoms with van der Waals surface area (Å²) in [4.78, 5) is 39.8. The van der Waals surface area contributed by atoms with Crippen molar-refractivity contribution in [3.63, 3.8) is 0 Å². The van der Waals surface area contributed by atoms with Crippen molar-refractivity contribution in [2.45, 2.75) is 33.2 Å². The van der Waals surface area contributed by atoms with Gasteiger partial charge in [-0.15, -0.1) is 0 Å². The number of imide groups is 2. The first-order chi connectivity index (χ1) is 14.5. The number of hydrogen-bond donors (Lipinski definition) is 0. The van der Waals surface area contributed by atoms with Crippen LogP contribution in [0.1, 0.15) is 32.3 Å². The maximum atomic E-state index is 12.9. The second-order valence-electron chi connectivity index (χ2n) is 6.77. The minimum Gasteiger partial charge on any atom is -0.490 e. The number of benzene rings is 2. The van der Waals surface area contributed by atoms with Gasteiger partial charge in [-0.2, -0.15) is 0 Å². The Labute approximate surface area is 183 Å². The lowest BCUT2D eigenvalue weighted by atomic mass is 10.2. The van der Waals surface area contributed by atoms with E-state index in [1.807, 2.05) is 19.9 Å². The third-order valence-electron chi connectivity index (χ3n) is 4.39. The number of amides is 4. The van der Waals surface area contributed by atoms with Crippen molar-refractivity contribution in [2.24, 2.45) is 0 Å². The SMILES string of the molecule is CCCOc1ccc(N2C(=O)C(=O)N(Cc3cccc(Br)c3)C2=O)cc1OCCC. The van der Waals surface area contributed by atoms with Crippen LogP contribution < -0.4 is 14.4 Å². The van der Waals surface area contributed by atoms with E-state index in [1.165, 1.54) is 0 Å². The van der Waals surface area contributed by atoms with Crippen LogP contribution in [-0.4, -0.2) is 36.0 Å². The Kier molecular flexibility index (Phi) is 7.10. The molecule has 0 aromatic heterocycles. The third-order valence-corrected chi connectivity index (χ3v) is 4.89. The summed E-state index contributed by atoms with van der Waals surface area (Å²) in [7, 11) is 0.